The van der Waals surface area contributed by atoms with Crippen LogP contribution in [0.2, 0.25) is 5.02 Å². The zero-order valence-electron chi connectivity index (χ0n) is 16.5. The van der Waals surface area contributed by atoms with Gasteiger partial charge in [-0.15, -0.1) is 0 Å². The molecule has 1 aromatic heterocycles. The van der Waals surface area contributed by atoms with E-state index in [1.54, 1.807) is 30.2 Å². The van der Waals surface area contributed by atoms with E-state index in [-0.39, 0.29) is 24.8 Å². The van der Waals surface area contributed by atoms with Crippen LogP contribution in [0.3, 0.4) is 0 Å². The number of hydrogen-bond donors (Lipinski definition) is 1. The predicted octanol–water partition coefficient (Wildman–Crippen LogP) is 3.23. The molecular formula is C21H20ClN5O3. The van der Waals surface area contributed by atoms with Crippen molar-refractivity contribution in [3.05, 3.63) is 59.6 Å². The van der Waals surface area contributed by atoms with E-state index in [2.05, 4.69) is 15.4 Å². The average Bonchev–Trinajstić information content (AvgIpc) is 3.38. The zero-order valence-corrected chi connectivity index (χ0v) is 17.3. The molecule has 154 valence electrons. The second-order valence-corrected chi connectivity index (χ2v) is 7.51. The van der Waals surface area contributed by atoms with E-state index in [9.17, 15) is 9.59 Å². The number of carbonyl (C=O) groups excluding carboxylic acids is 2. The summed E-state index contributed by atoms with van der Waals surface area (Å²) in [4.78, 5) is 31.2. The van der Waals surface area contributed by atoms with Gasteiger partial charge in [0.2, 0.25) is 11.8 Å². The molecule has 0 radical (unpaired) electrons. The van der Waals surface area contributed by atoms with E-state index in [0.29, 0.717) is 27.8 Å². The molecule has 1 aliphatic heterocycles. The number of anilines is 2. The molecule has 1 saturated heterocycles. The molecule has 2 aromatic carbocycles. The van der Waals surface area contributed by atoms with E-state index in [1.807, 2.05) is 25.1 Å². The zero-order chi connectivity index (χ0) is 21.3. The lowest BCUT2D eigenvalue weighted by molar-refractivity contribution is -0.122. The van der Waals surface area contributed by atoms with Gasteiger partial charge in [-0.05, 0) is 42.8 Å². The summed E-state index contributed by atoms with van der Waals surface area (Å²) in [6.45, 7) is 2.21. The fourth-order valence-corrected chi connectivity index (χ4v) is 3.67. The summed E-state index contributed by atoms with van der Waals surface area (Å²) in [6.07, 6.45) is 3.05. The monoisotopic (exact) mass is 425 g/mol. The first kappa shape index (κ1) is 19.9. The molecule has 1 unspecified atom stereocenters. The second kappa shape index (κ2) is 8.16. The van der Waals surface area contributed by atoms with Crippen molar-refractivity contribution in [2.24, 2.45) is 5.92 Å². The normalized spacial score (nSPS) is 16.0. The minimum Gasteiger partial charge on any atom is -0.495 e. The van der Waals surface area contributed by atoms with Gasteiger partial charge < -0.3 is 15.0 Å². The van der Waals surface area contributed by atoms with Crippen LogP contribution in [0, 0.1) is 12.8 Å². The fourth-order valence-electron chi connectivity index (χ4n) is 3.50. The van der Waals surface area contributed by atoms with Crippen molar-refractivity contribution in [1.82, 2.24) is 14.8 Å². The Kier molecular flexibility index (Phi) is 5.41. The molecule has 2 heterocycles. The van der Waals surface area contributed by atoms with Crippen molar-refractivity contribution >= 4 is 34.8 Å². The highest BCUT2D eigenvalue weighted by Crippen LogP contribution is 2.34. The number of aromatic nitrogens is 3. The number of nitrogens with zero attached hydrogens (tertiary/aromatic N) is 4. The average molecular weight is 426 g/mol. The van der Waals surface area contributed by atoms with E-state index < -0.39 is 5.92 Å². The van der Waals surface area contributed by atoms with Crippen molar-refractivity contribution in [3.8, 4) is 11.4 Å². The van der Waals surface area contributed by atoms with Crippen molar-refractivity contribution in [1.29, 1.82) is 0 Å². The molecule has 2 amide bonds. The number of rotatable bonds is 5. The van der Waals surface area contributed by atoms with Crippen LogP contribution >= 0.6 is 11.6 Å². The van der Waals surface area contributed by atoms with Gasteiger partial charge in [-0.25, -0.2) is 9.67 Å². The molecule has 0 bridgehead atoms. The number of carbonyl (C=O) groups is 2. The number of ether oxygens (including phenoxy) is 1. The van der Waals surface area contributed by atoms with Crippen LogP contribution in [0.25, 0.3) is 5.69 Å². The number of methoxy groups -OCH3 is 1. The molecular weight excluding hydrogens is 406 g/mol. The van der Waals surface area contributed by atoms with Gasteiger partial charge in [0.25, 0.3) is 0 Å². The summed E-state index contributed by atoms with van der Waals surface area (Å²) >= 11 is 6.12. The second-order valence-electron chi connectivity index (χ2n) is 7.07. The Morgan fingerprint density at radius 1 is 1.23 bits per heavy atom. The topological polar surface area (TPSA) is 89.3 Å². The Hall–Kier alpha value is -3.39. The Bertz CT molecular complexity index is 1100. The third kappa shape index (κ3) is 3.86. The summed E-state index contributed by atoms with van der Waals surface area (Å²) in [6, 6.07) is 10.7. The number of amides is 2. The standard InChI is InChI=1S/C21H20ClN5O3/c1-13-3-6-19(30-2)18(7-13)26-10-14(8-20(26)28)21(29)25-16-9-15(22)4-5-17(16)27-12-23-11-24-27/h3-7,9,11-12,14H,8,10H2,1-2H3,(H,25,29). The minimum absolute atomic E-state index is 0.113. The van der Waals surface area contributed by atoms with Gasteiger partial charge in [0, 0.05) is 18.0 Å². The molecule has 1 N–H and O–H groups in total. The Morgan fingerprint density at radius 3 is 2.80 bits per heavy atom. The summed E-state index contributed by atoms with van der Waals surface area (Å²) in [5.41, 5.74) is 2.80. The lowest BCUT2D eigenvalue weighted by Gasteiger charge is -2.20. The van der Waals surface area contributed by atoms with Crippen LogP contribution in [-0.2, 0) is 9.59 Å². The van der Waals surface area contributed by atoms with Crippen LogP contribution in [0.1, 0.15) is 12.0 Å². The maximum atomic E-state index is 13.0. The first-order valence-electron chi connectivity index (χ1n) is 9.36. The first-order chi connectivity index (χ1) is 14.5. The summed E-state index contributed by atoms with van der Waals surface area (Å²) in [5, 5.41) is 7.47. The quantitative estimate of drug-likeness (QED) is 0.677. The predicted molar refractivity (Wildman–Crippen MR) is 113 cm³/mol. The highest BCUT2D eigenvalue weighted by atomic mass is 35.5. The highest BCUT2D eigenvalue weighted by molar-refractivity contribution is 6.31. The van der Waals surface area contributed by atoms with Crippen molar-refractivity contribution < 1.29 is 14.3 Å². The van der Waals surface area contributed by atoms with Gasteiger partial charge in [-0.3, -0.25) is 9.59 Å². The molecule has 0 saturated carbocycles. The van der Waals surface area contributed by atoms with Crippen LogP contribution in [0.4, 0.5) is 11.4 Å². The Balaban J connectivity index is 1.56. The van der Waals surface area contributed by atoms with Crippen molar-refractivity contribution in [2.75, 3.05) is 23.9 Å². The number of nitrogens with one attached hydrogen (secondary N) is 1. The maximum absolute atomic E-state index is 13.0. The molecule has 1 atom stereocenters. The van der Waals surface area contributed by atoms with E-state index in [0.717, 1.165) is 5.56 Å². The van der Waals surface area contributed by atoms with Crippen LogP contribution in [0.5, 0.6) is 5.75 Å². The summed E-state index contributed by atoms with van der Waals surface area (Å²) in [7, 11) is 1.56. The van der Waals surface area contributed by atoms with Crippen LogP contribution < -0.4 is 15.0 Å². The van der Waals surface area contributed by atoms with E-state index in [1.165, 1.54) is 17.3 Å². The van der Waals surface area contributed by atoms with Gasteiger partial charge in [-0.1, -0.05) is 17.7 Å². The fraction of sp³-hybridized carbons (Fsp3) is 0.238. The van der Waals surface area contributed by atoms with Gasteiger partial charge in [0.05, 0.1) is 30.1 Å². The minimum atomic E-state index is -0.509. The Morgan fingerprint density at radius 2 is 2.07 bits per heavy atom. The molecule has 9 heteroatoms. The van der Waals surface area contributed by atoms with Gasteiger partial charge in [0.1, 0.15) is 18.4 Å². The lowest BCUT2D eigenvalue weighted by atomic mass is 10.1. The van der Waals surface area contributed by atoms with Crippen LogP contribution in [0.15, 0.2) is 49.1 Å². The van der Waals surface area contributed by atoms with Crippen LogP contribution in [-0.4, -0.2) is 40.2 Å². The third-order valence-corrected chi connectivity index (χ3v) is 5.24. The first-order valence-corrected chi connectivity index (χ1v) is 9.74. The van der Waals surface area contributed by atoms with Gasteiger partial charge >= 0.3 is 0 Å². The largest absolute Gasteiger partial charge is 0.495 e. The number of benzene rings is 2. The highest BCUT2D eigenvalue weighted by Gasteiger charge is 2.36. The smallest absolute Gasteiger partial charge is 0.229 e. The third-order valence-electron chi connectivity index (χ3n) is 5.00. The van der Waals surface area contributed by atoms with Crippen molar-refractivity contribution in [2.45, 2.75) is 13.3 Å². The SMILES string of the molecule is COc1ccc(C)cc1N1CC(C(=O)Nc2cc(Cl)ccc2-n2cncn2)CC1=O. The molecule has 30 heavy (non-hydrogen) atoms. The summed E-state index contributed by atoms with van der Waals surface area (Å²) in [5.74, 6) is -0.300. The molecule has 3 aromatic rings. The van der Waals surface area contributed by atoms with Gasteiger partial charge in [0.15, 0.2) is 0 Å². The molecule has 4 rings (SSSR count). The number of aryl methyl sites for hydroxylation is 1. The van der Waals surface area contributed by atoms with E-state index >= 15 is 0 Å². The molecule has 0 spiro atoms. The summed E-state index contributed by atoms with van der Waals surface area (Å²) < 4.78 is 6.94. The molecule has 1 fully saturated rings. The number of halogens is 1. The van der Waals surface area contributed by atoms with Crippen molar-refractivity contribution in [3.63, 3.8) is 0 Å². The molecule has 0 aliphatic carbocycles. The molecule has 8 nitrogen and oxygen atoms in total. The number of hydrogen-bond acceptors (Lipinski definition) is 5. The Labute approximate surface area is 178 Å². The van der Waals surface area contributed by atoms with E-state index in [4.69, 9.17) is 16.3 Å². The lowest BCUT2D eigenvalue weighted by Crippen LogP contribution is -2.28. The molecule has 1 aliphatic rings. The maximum Gasteiger partial charge on any atom is 0.229 e. The van der Waals surface area contributed by atoms with Gasteiger partial charge in [-0.2, -0.15) is 5.10 Å².